The van der Waals surface area contributed by atoms with Gasteiger partial charge in [0.2, 0.25) is 11.4 Å². The minimum Gasteiger partial charge on any atom is -0.457 e. The summed E-state index contributed by atoms with van der Waals surface area (Å²) in [6.45, 7) is 21.1. The Labute approximate surface area is 565 Å². The summed E-state index contributed by atoms with van der Waals surface area (Å²) in [4.78, 5) is 4.89. The Morgan fingerprint density at radius 3 is 1.13 bits per heavy atom. The molecular weight excluding hydrogens is 1150 g/mol. The van der Waals surface area contributed by atoms with Gasteiger partial charge in [-0.3, -0.25) is 0 Å². The standard InChI is InChI=1S/C90H92N4O/c1-63(2)55-57-93-77-37-23-21-35-75(77)87(5,59-65-27-13-11-14-28-65)83(93)41-25-39-81-89(7,85-73-33-19-17-31-69(73)47-53-79(85)91(81)9)61-67-43-49-71(50-44-67)95-72-51-45-68(46-52-72)62-90(8)82(92(10)80-54-48-70-32-18-20-34-74(70)86(80)90)40-26-42-84-88(6,60-66-29-15-12-16-30-66)76-36-22-24-38-78(76)94(84)58-56-64(3)4/h11-54,63-64H,55-62H2,1-10H3/q+2. The summed E-state index contributed by atoms with van der Waals surface area (Å²) in [7, 11) is 4.52. The van der Waals surface area contributed by atoms with Crippen molar-refractivity contribution in [2.75, 3.05) is 37.0 Å². The molecule has 10 aromatic carbocycles. The molecule has 0 saturated carbocycles. The molecule has 0 N–H and O–H groups in total. The summed E-state index contributed by atoms with van der Waals surface area (Å²) in [6.07, 6.45) is 20.1. The summed E-state index contributed by atoms with van der Waals surface area (Å²) in [5.74, 6) is 2.82. The van der Waals surface area contributed by atoms with Gasteiger partial charge >= 0.3 is 0 Å². The third-order valence-electron chi connectivity index (χ3n) is 21.7. The zero-order valence-corrected chi connectivity index (χ0v) is 57.4. The molecule has 0 aliphatic carbocycles. The molecule has 0 saturated heterocycles. The van der Waals surface area contributed by atoms with E-state index in [1.165, 1.54) is 112 Å². The van der Waals surface area contributed by atoms with Crippen LogP contribution in [0.1, 0.15) is 113 Å². The average molecular weight is 1250 g/mol. The summed E-state index contributed by atoms with van der Waals surface area (Å²) < 4.78 is 12.0. The first kappa shape index (κ1) is 62.8. The van der Waals surface area contributed by atoms with Gasteiger partial charge in [0.1, 0.15) is 24.6 Å². The number of hydrogen-bond acceptors (Lipinski definition) is 3. The van der Waals surface area contributed by atoms with Crippen LogP contribution in [0.4, 0.5) is 22.7 Å². The minimum absolute atomic E-state index is 0.208. The molecule has 4 heterocycles. The van der Waals surface area contributed by atoms with Crippen molar-refractivity contribution in [3.05, 3.63) is 323 Å². The highest BCUT2D eigenvalue weighted by Crippen LogP contribution is 2.54. The zero-order valence-electron chi connectivity index (χ0n) is 57.4. The molecule has 4 unspecified atom stereocenters. The second-order valence-electron chi connectivity index (χ2n) is 29.2. The van der Waals surface area contributed by atoms with E-state index in [0.29, 0.717) is 11.8 Å². The smallest absolute Gasteiger partial charge is 0.209 e. The Hall–Kier alpha value is -9.58. The Morgan fingerprint density at radius 2 is 0.726 bits per heavy atom. The number of rotatable bonds is 20. The SMILES string of the molecule is CC(C)CC[N+]1=C(/C=C/C=C2/N(C)c3ccc4ccccc4c3C2(C)Cc2ccc(Oc3ccc(CC4(C)/C(=C\C=C\C5=[N+](CCC(C)C)c6ccccc6C5(C)Cc5ccccc5)N(C)c5ccc6ccccc6c54)cc3)cc2)C(C)(Cc2ccccc2)c2ccccc21. The van der Waals surface area contributed by atoms with Gasteiger partial charge < -0.3 is 14.5 Å². The van der Waals surface area contributed by atoms with E-state index in [1.54, 1.807) is 0 Å². The second kappa shape index (κ2) is 25.6. The molecule has 95 heavy (non-hydrogen) atoms. The third kappa shape index (κ3) is 11.6. The van der Waals surface area contributed by atoms with Gasteiger partial charge in [0, 0.05) is 95.9 Å². The van der Waals surface area contributed by atoms with Gasteiger partial charge in [0.15, 0.2) is 11.4 Å². The number of allylic oxidation sites excluding steroid dienone is 8. The fourth-order valence-electron chi connectivity index (χ4n) is 16.9. The minimum atomic E-state index is -0.343. The highest BCUT2D eigenvalue weighted by atomic mass is 16.5. The molecule has 0 aromatic heterocycles. The molecule has 0 radical (unpaired) electrons. The summed E-state index contributed by atoms with van der Waals surface area (Å²) in [6, 6.07) is 85.1. The zero-order chi connectivity index (χ0) is 65.6. The number of fused-ring (bicyclic) bond motifs is 8. The van der Waals surface area contributed by atoms with Crippen LogP contribution < -0.4 is 14.5 Å². The van der Waals surface area contributed by atoms with E-state index in [0.717, 1.165) is 63.1 Å². The molecule has 476 valence electrons. The molecule has 0 fully saturated rings. The van der Waals surface area contributed by atoms with Crippen LogP contribution >= 0.6 is 0 Å². The topological polar surface area (TPSA) is 21.7 Å². The maximum Gasteiger partial charge on any atom is 0.209 e. The summed E-state index contributed by atoms with van der Waals surface area (Å²) in [5.41, 5.74) is 20.1. The number of likely N-dealkylation sites (N-methyl/N-ethyl adjacent to an activating group) is 2. The normalized spacial score (nSPS) is 21.5. The van der Waals surface area contributed by atoms with Crippen LogP contribution in [0.2, 0.25) is 0 Å². The van der Waals surface area contributed by atoms with Crippen LogP contribution in [-0.2, 0) is 47.3 Å². The average Bonchev–Trinajstić information content (AvgIpc) is 1.60. The van der Waals surface area contributed by atoms with E-state index >= 15 is 0 Å². The number of ether oxygens (including phenoxy) is 1. The number of anilines is 2. The summed E-state index contributed by atoms with van der Waals surface area (Å²) >= 11 is 0. The molecule has 4 atom stereocenters. The number of nitrogens with zero attached hydrogens (tertiary/aromatic N) is 4. The van der Waals surface area contributed by atoms with Crippen molar-refractivity contribution in [2.24, 2.45) is 11.8 Å². The molecule has 0 bridgehead atoms. The van der Waals surface area contributed by atoms with E-state index in [1.807, 2.05) is 0 Å². The van der Waals surface area contributed by atoms with Gasteiger partial charge in [0.25, 0.3) is 0 Å². The van der Waals surface area contributed by atoms with Gasteiger partial charge in [-0.25, -0.2) is 0 Å². The van der Waals surface area contributed by atoms with Crippen LogP contribution in [-0.4, -0.2) is 47.8 Å². The fourth-order valence-corrected chi connectivity index (χ4v) is 16.9. The van der Waals surface area contributed by atoms with Crippen LogP contribution in [0.15, 0.2) is 278 Å². The molecular formula is C90H92N4O+2. The fraction of sp³-hybridized carbons (Fsp3) is 0.267. The van der Waals surface area contributed by atoms with Crippen LogP contribution in [0.3, 0.4) is 0 Å². The van der Waals surface area contributed by atoms with Crippen molar-refractivity contribution in [3.8, 4) is 11.5 Å². The first-order valence-electron chi connectivity index (χ1n) is 34.8. The molecule has 5 heteroatoms. The third-order valence-corrected chi connectivity index (χ3v) is 21.7. The highest BCUT2D eigenvalue weighted by molar-refractivity contribution is 6.05. The van der Waals surface area contributed by atoms with E-state index in [4.69, 9.17) is 4.74 Å². The lowest BCUT2D eigenvalue weighted by Gasteiger charge is -2.30. The predicted octanol–water partition coefficient (Wildman–Crippen LogP) is 21.3. The predicted molar refractivity (Wildman–Crippen MR) is 401 cm³/mol. The lowest BCUT2D eigenvalue weighted by Crippen LogP contribution is -2.34. The van der Waals surface area contributed by atoms with E-state index < -0.39 is 0 Å². The largest absolute Gasteiger partial charge is 0.457 e. The Morgan fingerprint density at radius 1 is 0.379 bits per heavy atom. The number of benzene rings is 10. The Balaban J connectivity index is 0.750. The van der Waals surface area contributed by atoms with Crippen molar-refractivity contribution in [1.82, 2.24) is 0 Å². The molecule has 4 aliphatic heterocycles. The molecule has 5 nitrogen and oxygen atoms in total. The van der Waals surface area contributed by atoms with Crippen molar-refractivity contribution in [1.29, 1.82) is 0 Å². The van der Waals surface area contributed by atoms with Gasteiger partial charge in [-0.2, -0.15) is 9.15 Å². The van der Waals surface area contributed by atoms with Gasteiger partial charge in [-0.1, -0.05) is 222 Å². The summed E-state index contributed by atoms with van der Waals surface area (Å²) in [5, 5.41) is 5.13. The first-order chi connectivity index (χ1) is 46.0. The Kier molecular flexibility index (Phi) is 17.0. The van der Waals surface area contributed by atoms with Gasteiger partial charge in [0.05, 0.1) is 10.8 Å². The molecule has 0 spiro atoms. The van der Waals surface area contributed by atoms with Crippen molar-refractivity contribution >= 4 is 55.7 Å². The number of hydrogen-bond donors (Lipinski definition) is 0. The van der Waals surface area contributed by atoms with Crippen molar-refractivity contribution < 1.29 is 13.9 Å². The molecule has 10 aromatic rings. The molecule has 0 amide bonds. The van der Waals surface area contributed by atoms with E-state index in [-0.39, 0.29) is 21.7 Å². The second-order valence-corrected chi connectivity index (χ2v) is 29.2. The quantitative estimate of drug-likeness (QED) is 0.0710. The maximum atomic E-state index is 6.75. The monoisotopic (exact) mass is 1240 g/mol. The van der Waals surface area contributed by atoms with E-state index in [2.05, 4.69) is 355 Å². The first-order valence-corrected chi connectivity index (χ1v) is 34.8. The Bertz CT molecular complexity index is 4420. The highest BCUT2D eigenvalue weighted by Gasteiger charge is 2.50. The molecule has 4 aliphatic rings. The number of para-hydroxylation sites is 2. The van der Waals surface area contributed by atoms with Crippen molar-refractivity contribution in [2.45, 2.75) is 116 Å². The maximum absolute atomic E-state index is 6.75. The van der Waals surface area contributed by atoms with Gasteiger partial charge in [-0.15, -0.1) is 0 Å². The van der Waals surface area contributed by atoms with Crippen LogP contribution in [0.25, 0.3) is 21.5 Å². The lowest BCUT2D eigenvalue weighted by molar-refractivity contribution is -0.439. The van der Waals surface area contributed by atoms with Crippen molar-refractivity contribution in [3.63, 3.8) is 0 Å². The van der Waals surface area contributed by atoms with Gasteiger partial charge in [-0.05, 0) is 169 Å². The lowest BCUT2D eigenvalue weighted by atomic mass is 9.74. The van der Waals surface area contributed by atoms with E-state index in [9.17, 15) is 0 Å². The van der Waals surface area contributed by atoms with Crippen LogP contribution in [0, 0.1) is 11.8 Å². The molecule has 14 rings (SSSR count). The van der Waals surface area contributed by atoms with Crippen LogP contribution in [0.5, 0.6) is 11.5 Å².